The number of hydrogen-bond donors (Lipinski definition) is 1. The van der Waals surface area contributed by atoms with Crippen LogP contribution in [0.15, 0.2) is 22.7 Å². The number of aromatic nitrogens is 1. The summed E-state index contributed by atoms with van der Waals surface area (Å²) in [5, 5.41) is 6.69. The number of nitrogens with zero attached hydrogens (tertiary/aromatic N) is 2. The van der Waals surface area contributed by atoms with E-state index < -0.39 is 11.6 Å². The van der Waals surface area contributed by atoms with Gasteiger partial charge in [0, 0.05) is 17.8 Å². The third-order valence-electron chi connectivity index (χ3n) is 5.25. The van der Waals surface area contributed by atoms with E-state index in [2.05, 4.69) is 15.4 Å². The number of hydrogen-bond acceptors (Lipinski definition) is 5. The molecular formula is C20H24FN3O3. The fourth-order valence-electron chi connectivity index (χ4n) is 3.27. The molecular weight excluding hydrogens is 349 g/mol. The van der Waals surface area contributed by atoms with Crippen molar-refractivity contribution in [1.82, 2.24) is 10.1 Å². The number of alkyl halides is 1. The van der Waals surface area contributed by atoms with Crippen molar-refractivity contribution >= 4 is 11.6 Å². The minimum absolute atomic E-state index is 0.285. The molecule has 0 radical (unpaired) electrons. The molecule has 2 aromatic rings. The van der Waals surface area contributed by atoms with E-state index in [-0.39, 0.29) is 12.8 Å². The molecule has 2 heterocycles. The molecule has 0 atom stereocenters. The van der Waals surface area contributed by atoms with E-state index in [1.54, 1.807) is 12.1 Å². The molecule has 0 spiro atoms. The Hall–Kier alpha value is -2.41. The predicted octanol–water partition coefficient (Wildman–Crippen LogP) is 3.48. The van der Waals surface area contributed by atoms with Crippen LogP contribution in [0.3, 0.4) is 0 Å². The number of carbonyl (C=O) groups excluding carboxylic acids is 1. The van der Waals surface area contributed by atoms with Gasteiger partial charge < -0.3 is 14.6 Å². The Bertz CT molecular complexity index is 837. The SMILES string of the molecule is Cc1noc(C)c1-c1cc(NC(=O)C2(F)CC2)ccc1OCCN1CCC1. The maximum absolute atomic E-state index is 14.0. The molecule has 1 amide bonds. The van der Waals surface area contributed by atoms with Crippen LogP contribution in [-0.4, -0.2) is 47.9 Å². The smallest absolute Gasteiger partial charge is 0.262 e. The fraction of sp³-hybridized carbons (Fsp3) is 0.500. The first kappa shape index (κ1) is 18.0. The highest BCUT2D eigenvalue weighted by atomic mass is 19.1. The largest absolute Gasteiger partial charge is 0.492 e. The number of likely N-dealkylation sites (tertiary alicyclic amines) is 1. The second kappa shape index (κ2) is 6.96. The van der Waals surface area contributed by atoms with E-state index in [9.17, 15) is 9.18 Å². The lowest BCUT2D eigenvalue weighted by Crippen LogP contribution is -2.39. The summed E-state index contributed by atoms with van der Waals surface area (Å²) in [6, 6.07) is 5.35. The molecule has 1 aromatic heterocycles. The lowest BCUT2D eigenvalue weighted by atomic mass is 10.0. The van der Waals surface area contributed by atoms with Crippen molar-refractivity contribution in [2.75, 3.05) is 31.6 Å². The van der Waals surface area contributed by atoms with Crippen LogP contribution >= 0.6 is 0 Å². The number of anilines is 1. The van der Waals surface area contributed by atoms with Gasteiger partial charge in [-0.2, -0.15) is 0 Å². The Balaban J connectivity index is 1.58. The summed E-state index contributed by atoms with van der Waals surface area (Å²) in [6.07, 6.45) is 1.81. The number of aryl methyl sites for hydroxylation is 2. The number of halogens is 1. The van der Waals surface area contributed by atoms with E-state index in [1.807, 2.05) is 19.9 Å². The molecule has 2 aliphatic rings. The van der Waals surface area contributed by atoms with Gasteiger partial charge in [0.25, 0.3) is 5.91 Å². The Labute approximate surface area is 157 Å². The average molecular weight is 373 g/mol. The molecule has 1 saturated heterocycles. The maximum atomic E-state index is 14.0. The Morgan fingerprint density at radius 1 is 1.37 bits per heavy atom. The second-order valence-electron chi connectivity index (χ2n) is 7.37. The van der Waals surface area contributed by atoms with Gasteiger partial charge in [-0.15, -0.1) is 0 Å². The highest BCUT2D eigenvalue weighted by Gasteiger charge is 2.50. The van der Waals surface area contributed by atoms with Crippen LogP contribution in [0.5, 0.6) is 5.75 Å². The number of carbonyl (C=O) groups is 1. The quantitative estimate of drug-likeness (QED) is 0.805. The number of benzene rings is 1. The van der Waals surface area contributed by atoms with Crippen LogP contribution in [0.4, 0.5) is 10.1 Å². The summed E-state index contributed by atoms with van der Waals surface area (Å²) in [5.74, 6) is 0.788. The molecule has 27 heavy (non-hydrogen) atoms. The summed E-state index contributed by atoms with van der Waals surface area (Å²) < 4.78 is 25.3. The van der Waals surface area contributed by atoms with Crippen LogP contribution < -0.4 is 10.1 Å². The van der Waals surface area contributed by atoms with Gasteiger partial charge in [0.1, 0.15) is 18.1 Å². The zero-order valence-corrected chi connectivity index (χ0v) is 15.7. The van der Waals surface area contributed by atoms with Gasteiger partial charge >= 0.3 is 0 Å². The van der Waals surface area contributed by atoms with Crippen molar-refractivity contribution in [1.29, 1.82) is 0 Å². The molecule has 4 rings (SSSR count). The molecule has 7 heteroatoms. The Morgan fingerprint density at radius 3 is 2.74 bits per heavy atom. The molecule has 144 valence electrons. The Kier molecular flexibility index (Phi) is 4.63. The number of rotatable bonds is 7. The normalized spacial score (nSPS) is 18.0. The summed E-state index contributed by atoms with van der Waals surface area (Å²) in [4.78, 5) is 14.4. The van der Waals surface area contributed by atoms with E-state index in [4.69, 9.17) is 9.26 Å². The van der Waals surface area contributed by atoms with Crippen LogP contribution in [0.2, 0.25) is 0 Å². The molecule has 0 bridgehead atoms. The molecule has 2 fully saturated rings. The number of nitrogens with one attached hydrogen (secondary N) is 1. The van der Waals surface area contributed by atoms with Crippen molar-refractivity contribution in [3.63, 3.8) is 0 Å². The average Bonchev–Trinajstić information content (AvgIpc) is 3.27. The first-order valence-corrected chi connectivity index (χ1v) is 9.39. The fourth-order valence-corrected chi connectivity index (χ4v) is 3.27. The first-order chi connectivity index (χ1) is 13.0. The first-order valence-electron chi connectivity index (χ1n) is 9.39. The van der Waals surface area contributed by atoms with Gasteiger partial charge in [0.2, 0.25) is 0 Å². The molecule has 6 nitrogen and oxygen atoms in total. The van der Waals surface area contributed by atoms with Crippen molar-refractivity contribution in [3.05, 3.63) is 29.7 Å². The highest BCUT2D eigenvalue weighted by Crippen LogP contribution is 2.41. The molecule has 1 N–H and O–H groups in total. The molecule has 0 unspecified atom stereocenters. The van der Waals surface area contributed by atoms with Crippen molar-refractivity contribution in [2.45, 2.75) is 38.8 Å². The molecule has 1 aliphatic heterocycles. The van der Waals surface area contributed by atoms with Gasteiger partial charge in [0.05, 0.1) is 11.3 Å². The van der Waals surface area contributed by atoms with E-state index in [0.717, 1.165) is 36.5 Å². The van der Waals surface area contributed by atoms with Crippen LogP contribution in [0.1, 0.15) is 30.7 Å². The Morgan fingerprint density at radius 2 is 2.15 bits per heavy atom. The van der Waals surface area contributed by atoms with Gasteiger partial charge in [-0.25, -0.2) is 4.39 Å². The molecule has 1 saturated carbocycles. The molecule has 1 aromatic carbocycles. The maximum Gasteiger partial charge on any atom is 0.262 e. The highest BCUT2D eigenvalue weighted by molar-refractivity contribution is 6.00. The topological polar surface area (TPSA) is 67.6 Å². The van der Waals surface area contributed by atoms with Crippen molar-refractivity contribution < 1.29 is 18.4 Å². The summed E-state index contributed by atoms with van der Waals surface area (Å²) in [6.45, 7) is 7.40. The lowest BCUT2D eigenvalue weighted by molar-refractivity contribution is -0.122. The van der Waals surface area contributed by atoms with Gasteiger partial charge in [-0.3, -0.25) is 9.69 Å². The van der Waals surface area contributed by atoms with Crippen LogP contribution in [0, 0.1) is 13.8 Å². The number of amides is 1. The van der Waals surface area contributed by atoms with Gasteiger partial charge in [0.15, 0.2) is 5.67 Å². The third kappa shape index (κ3) is 3.69. The lowest BCUT2D eigenvalue weighted by Gasteiger charge is -2.30. The minimum atomic E-state index is -1.71. The summed E-state index contributed by atoms with van der Waals surface area (Å²) in [7, 11) is 0. The summed E-state index contributed by atoms with van der Waals surface area (Å²) in [5.41, 5.74) is 1.19. The van der Waals surface area contributed by atoms with Crippen LogP contribution in [0.25, 0.3) is 11.1 Å². The second-order valence-corrected chi connectivity index (χ2v) is 7.37. The monoisotopic (exact) mass is 373 g/mol. The van der Waals surface area contributed by atoms with Gasteiger partial charge in [-0.05, 0) is 64.4 Å². The molecule has 1 aliphatic carbocycles. The zero-order chi connectivity index (χ0) is 19.0. The van der Waals surface area contributed by atoms with Crippen LogP contribution in [-0.2, 0) is 4.79 Å². The van der Waals surface area contributed by atoms with E-state index in [0.29, 0.717) is 23.8 Å². The number of ether oxygens (including phenoxy) is 1. The minimum Gasteiger partial charge on any atom is -0.492 e. The summed E-state index contributed by atoms with van der Waals surface area (Å²) >= 11 is 0. The zero-order valence-electron chi connectivity index (χ0n) is 15.7. The van der Waals surface area contributed by atoms with E-state index in [1.165, 1.54) is 6.42 Å². The van der Waals surface area contributed by atoms with Gasteiger partial charge in [-0.1, -0.05) is 5.16 Å². The standard InChI is InChI=1S/C20H24FN3O3/c1-13-18(14(2)27-23-13)16-12-15(22-19(25)20(21)6-7-20)4-5-17(16)26-11-10-24-8-3-9-24/h4-5,12H,3,6-11H2,1-2H3,(H,22,25). The van der Waals surface area contributed by atoms with E-state index >= 15 is 0 Å². The van der Waals surface area contributed by atoms with Crippen molar-refractivity contribution in [2.24, 2.45) is 0 Å². The predicted molar refractivity (Wildman–Crippen MR) is 99.7 cm³/mol. The van der Waals surface area contributed by atoms with Crippen molar-refractivity contribution in [3.8, 4) is 16.9 Å². The third-order valence-corrected chi connectivity index (χ3v) is 5.25.